The van der Waals surface area contributed by atoms with Crippen LogP contribution in [0.1, 0.15) is 31.4 Å². The van der Waals surface area contributed by atoms with E-state index in [1.54, 1.807) is 12.3 Å². The van der Waals surface area contributed by atoms with Crippen LogP contribution in [0.15, 0.2) is 36.5 Å². The molecule has 0 spiro atoms. The van der Waals surface area contributed by atoms with E-state index in [0.29, 0.717) is 6.04 Å². The van der Waals surface area contributed by atoms with Gasteiger partial charge < -0.3 is 15.1 Å². The van der Waals surface area contributed by atoms with Gasteiger partial charge in [-0.3, -0.25) is 0 Å². The molecule has 0 amide bonds. The molecule has 1 aliphatic heterocycles. The lowest BCUT2D eigenvalue weighted by atomic mass is 10.0. The number of halogens is 1. The molecule has 0 bridgehead atoms. The summed E-state index contributed by atoms with van der Waals surface area (Å²) in [5, 5.41) is 11.9. The number of anilines is 2. The van der Waals surface area contributed by atoms with E-state index >= 15 is 0 Å². The zero-order valence-corrected chi connectivity index (χ0v) is 15.1. The van der Waals surface area contributed by atoms with Gasteiger partial charge in [-0.15, -0.1) is 5.10 Å². The first-order chi connectivity index (χ1) is 12.0. The number of hydrogen-bond donors (Lipinski definition) is 1. The van der Waals surface area contributed by atoms with Crippen molar-refractivity contribution in [3.63, 3.8) is 0 Å². The summed E-state index contributed by atoms with van der Waals surface area (Å²) >= 11 is 0. The number of hydrogen-bond acceptors (Lipinski definition) is 5. The Morgan fingerprint density at radius 2 is 2.16 bits per heavy atom. The minimum absolute atomic E-state index is 0.143. The number of aromatic nitrogens is 2. The lowest BCUT2D eigenvalue weighted by Gasteiger charge is -2.35. The maximum absolute atomic E-state index is 13.6. The third-order valence-corrected chi connectivity index (χ3v) is 4.73. The summed E-state index contributed by atoms with van der Waals surface area (Å²) in [6.07, 6.45) is 3.94. The molecule has 25 heavy (non-hydrogen) atoms. The van der Waals surface area contributed by atoms with Crippen molar-refractivity contribution >= 4 is 11.5 Å². The van der Waals surface area contributed by atoms with Crippen molar-refractivity contribution in [2.24, 2.45) is 0 Å². The highest BCUT2D eigenvalue weighted by atomic mass is 19.1. The molecule has 2 atom stereocenters. The summed E-state index contributed by atoms with van der Waals surface area (Å²) in [5.41, 5.74) is 2.03. The molecule has 1 fully saturated rings. The van der Waals surface area contributed by atoms with Crippen molar-refractivity contribution in [2.45, 2.75) is 31.8 Å². The van der Waals surface area contributed by atoms with Crippen molar-refractivity contribution in [3.8, 4) is 0 Å². The van der Waals surface area contributed by atoms with Gasteiger partial charge in [0.25, 0.3) is 0 Å². The lowest BCUT2D eigenvalue weighted by Crippen LogP contribution is -2.46. The molecule has 3 rings (SSSR count). The van der Waals surface area contributed by atoms with Crippen LogP contribution in [0.2, 0.25) is 0 Å². The average molecular weight is 343 g/mol. The topological polar surface area (TPSA) is 44.3 Å². The minimum Gasteiger partial charge on any atom is -0.377 e. The van der Waals surface area contributed by atoms with E-state index in [-0.39, 0.29) is 11.9 Å². The fraction of sp³-hybridized carbons (Fsp3) is 0.474. The normalized spacial score (nSPS) is 18.9. The molecule has 1 aromatic heterocycles. The second-order valence-electron chi connectivity index (χ2n) is 6.85. The standard InChI is InChI=1S/C19H26FN5/c1-14(17-9-8-15(20)12-18(17)24(2)3)22-16-6-5-11-25(13-16)19-7-4-10-21-23-19/h4,7-10,12,14,16,22H,5-6,11,13H2,1-3H3/t14-,16-/m1/s1. The summed E-state index contributed by atoms with van der Waals surface area (Å²) in [4.78, 5) is 4.24. The van der Waals surface area contributed by atoms with Crippen LogP contribution in [0.4, 0.5) is 15.9 Å². The van der Waals surface area contributed by atoms with Crippen molar-refractivity contribution in [2.75, 3.05) is 37.0 Å². The van der Waals surface area contributed by atoms with Gasteiger partial charge >= 0.3 is 0 Å². The Hall–Kier alpha value is -2.21. The zero-order valence-electron chi connectivity index (χ0n) is 15.1. The number of benzene rings is 1. The smallest absolute Gasteiger partial charge is 0.151 e. The van der Waals surface area contributed by atoms with Gasteiger partial charge in [0.1, 0.15) is 5.82 Å². The van der Waals surface area contributed by atoms with Crippen LogP contribution in [0.3, 0.4) is 0 Å². The van der Waals surface area contributed by atoms with Crippen LogP contribution in [0.25, 0.3) is 0 Å². The third kappa shape index (κ3) is 4.25. The first-order valence-corrected chi connectivity index (χ1v) is 8.80. The molecule has 0 unspecified atom stereocenters. The van der Waals surface area contributed by atoms with Crippen molar-refractivity contribution in [1.29, 1.82) is 0 Å². The Labute approximate surface area is 148 Å². The molecule has 1 saturated heterocycles. The van der Waals surface area contributed by atoms with Gasteiger partial charge in [0.15, 0.2) is 5.82 Å². The molecular formula is C19H26FN5. The van der Waals surface area contributed by atoms with Gasteiger partial charge in [-0.25, -0.2) is 4.39 Å². The Morgan fingerprint density at radius 3 is 2.88 bits per heavy atom. The summed E-state index contributed by atoms with van der Waals surface area (Å²) in [7, 11) is 3.89. The first kappa shape index (κ1) is 17.6. The molecular weight excluding hydrogens is 317 g/mol. The highest BCUT2D eigenvalue weighted by Gasteiger charge is 2.23. The monoisotopic (exact) mass is 343 g/mol. The molecule has 0 radical (unpaired) electrons. The van der Waals surface area contributed by atoms with Crippen molar-refractivity contribution in [1.82, 2.24) is 15.5 Å². The second kappa shape index (κ2) is 7.78. The maximum Gasteiger partial charge on any atom is 0.151 e. The van der Waals surface area contributed by atoms with E-state index in [1.807, 2.05) is 37.2 Å². The van der Waals surface area contributed by atoms with Crippen LogP contribution in [0.5, 0.6) is 0 Å². The average Bonchev–Trinajstić information content (AvgIpc) is 2.62. The Morgan fingerprint density at radius 1 is 1.32 bits per heavy atom. The van der Waals surface area contributed by atoms with Gasteiger partial charge in [-0.2, -0.15) is 5.10 Å². The molecule has 0 saturated carbocycles. The Kier molecular flexibility index (Phi) is 5.48. The molecule has 1 aliphatic rings. The first-order valence-electron chi connectivity index (χ1n) is 8.80. The van der Waals surface area contributed by atoms with Crippen LogP contribution >= 0.6 is 0 Å². The lowest BCUT2D eigenvalue weighted by molar-refractivity contribution is 0.387. The van der Waals surface area contributed by atoms with Gasteiger partial charge in [0, 0.05) is 51.2 Å². The minimum atomic E-state index is -0.203. The number of nitrogens with zero attached hydrogens (tertiary/aromatic N) is 4. The maximum atomic E-state index is 13.6. The van der Waals surface area contributed by atoms with Crippen LogP contribution in [0, 0.1) is 5.82 Å². The third-order valence-electron chi connectivity index (χ3n) is 4.73. The highest BCUT2D eigenvalue weighted by molar-refractivity contribution is 5.54. The SMILES string of the molecule is C[C@@H](N[C@@H]1CCCN(c2cccnn2)C1)c1ccc(F)cc1N(C)C. The number of nitrogens with one attached hydrogen (secondary N) is 1. The highest BCUT2D eigenvalue weighted by Crippen LogP contribution is 2.27. The van der Waals surface area contributed by atoms with E-state index in [0.717, 1.165) is 43.0 Å². The molecule has 2 aromatic rings. The Bertz CT molecular complexity index is 691. The fourth-order valence-corrected chi connectivity index (χ4v) is 3.50. The predicted octanol–water partition coefficient (Wildman–Crippen LogP) is 3.00. The Balaban J connectivity index is 1.70. The summed E-state index contributed by atoms with van der Waals surface area (Å²) in [6.45, 7) is 4.05. The van der Waals surface area contributed by atoms with Crippen molar-refractivity contribution < 1.29 is 4.39 Å². The number of piperidine rings is 1. The van der Waals surface area contributed by atoms with Crippen LogP contribution < -0.4 is 15.1 Å². The molecule has 2 heterocycles. The largest absolute Gasteiger partial charge is 0.377 e. The predicted molar refractivity (Wildman–Crippen MR) is 99.5 cm³/mol. The van der Waals surface area contributed by atoms with Crippen LogP contribution in [-0.4, -0.2) is 43.4 Å². The van der Waals surface area contributed by atoms with Crippen molar-refractivity contribution in [3.05, 3.63) is 47.9 Å². The van der Waals surface area contributed by atoms with E-state index in [1.165, 1.54) is 6.07 Å². The summed E-state index contributed by atoms with van der Waals surface area (Å²) < 4.78 is 13.6. The van der Waals surface area contributed by atoms with Gasteiger partial charge in [-0.05, 0) is 49.6 Å². The molecule has 0 aliphatic carbocycles. The second-order valence-corrected chi connectivity index (χ2v) is 6.85. The van der Waals surface area contributed by atoms with E-state index < -0.39 is 0 Å². The number of rotatable bonds is 5. The summed E-state index contributed by atoms with van der Waals surface area (Å²) in [5.74, 6) is 0.726. The molecule has 6 heteroatoms. The van der Waals surface area contributed by atoms with E-state index in [4.69, 9.17) is 0 Å². The van der Waals surface area contributed by atoms with E-state index in [9.17, 15) is 4.39 Å². The van der Waals surface area contributed by atoms with Gasteiger partial charge in [0.05, 0.1) is 0 Å². The molecule has 1 aromatic carbocycles. The molecule has 5 nitrogen and oxygen atoms in total. The molecule has 134 valence electrons. The molecule has 1 N–H and O–H groups in total. The zero-order chi connectivity index (χ0) is 17.8. The fourth-order valence-electron chi connectivity index (χ4n) is 3.50. The van der Waals surface area contributed by atoms with Gasteiger partial charge in [0.2, 0.25) is 0 Å². The quantitative estimate of drug-likeness (QED) is 0.904. The van der Waals surface area contributed by atoms with Gasteiger partial charge in [-0.1, -0.05) is 6.07 Å². The van der Waals surface area contributed by atoms with Crippen LogP contribution in [-0.2, 0) is 0 Å². The summed E-state index contributed by atoms with van der Waals surface area (Å²) in [6, 6.07) is 9.45. The van der Waals surface area contributed by atoms with E-state index in [2.05, 4.69) is 27.3 Å².